The lowest BCUT2D eigenvalue weighted by molar-refractivity contribution is -0.157. The number of hydrazine groups is 1. The fourth-order valence-electron chi connectivity index (χ4n) is 5.83. The first kappa shape index (κ1) is 30.6. The average molecular weight is 592 g/mol. The number of fused-ring (bicyclic) bond motifs is 4. The number of hydrogen-bond acceptors (Lipinski definition) is 8. The maximum Gasteiger partial charge on any atom is 0.325 e. The molecule has 1 aromatic heterocycles. The Kier molecular flexibility index (Phi) is 9.12. The summed E-state index contributed by atoms with van der Waals surface area (Å²) in [7, 11) is 0. The summed E-state index contributed by atoms with van der Waals surface area (Å²) in [5.74, 6) is -1.78. The Morgan fingerprint density at radius 2 is 1.79 bits per heavy atom. The Morgan fingerprint density at radius 1 is 1.02 bits per heavy atom. The lowest BCUT2D eigenvalue weighted by atomic mass is 9.78. The van der Waals surface area contributed by atoms with E-state index in [1.807, 2.05) is 57.2 Å². The van der Waals surface area contributed by atoms with E-state index < -0.39 is 41.5 Å². The van der Waals surface area contributed by atoms with Crippen LogP contribution in [0.1, 0.15) is 70.7 Å². The van der Waals surface area contributed by atoms with Gasteiger partial charge in [-0.3, -0.25) is 29.2 Å². The highest BCUT2D eigenvalue weighted by Crippen LogP contribution is 2.34. The van der Waals surface area contributed by atoms with Gasteiger partial charge in [-0.25, -0.2) is 5.43 Å². The third-order valence-corrected chi connectivity index (χ3v) is 8.64. The number of benzene rings is 1. The van der Waals surface area contributed by atoms with Gasteiger partial charge in [-0.1, -0.05) is 32.1 Å². The van der Waals surface area contributed by atoms with Crippen LogP contribution in [-0.2, 0) is 28.7 Å². The van der Waals surface area contributed by atoms with E-state index in [1.165, 1.54) is 5.01 Å². The van der Waals surface area contributed by atoms with Crippen molar-refractivity contribution in [2.24, 2.45) is 11.3 Å². The summed E-state index contributed by atoms with van der Waals surface area (Å²) in [5.41, 5.74) is 3.62. The van der Waals surface area contributed by atoms with Crippen molar-refractivity contribution in [2.75, 3.05) is 19.8 Å². The van der Waals surface area contributed by atoms with Gasteiger partial charge in [0, 0.05) is 31.3 Å². The molecule has 3 aliphatic heterocycles. The van der Waals surface area contributed by atoms with Crippen molar-refractivity contribution in [3.63, 3.8) is 0 Å². The van der Waals surface area contributed by atoms with Crippen molar-refractivity contribution in [1.82, 2.24) is 26.1 Å². The molecule has 2 aromatic rings. The molecule has 11 heteroatoms. The number of rotatable bonds is 1. The molecule has 0 aliphatic carbocycles. The van der Waals surface area contributed by atoms with E-state index in [-0.39, 0.29) is 17.7 Å². The van der Waals surface area contributed by atoms with Crippen LogP contribution >= 0.6 is 0 Å². The number of cyclic esters (lactones) is 1. The average Bonchev–Trinajstić information content (AvgIpc) is 3.01. The van der Waals surface area contributed by atoms with E-state index in [0.717, 1.165) is 16.3 Å². The molecule has 5 bridgehead atoms. The second-order valence-corrected chi connectivity index (χ2v) is 12.1. The summed E-state index contributed by atoms with van der Waals surface area (Å²) >= 11 is 0. The number of nitrogens with one attached hydrogen (secondary N) is 3. The molecule has 3 amide bonds. The topological polar surface area (TPSA) is 139 Å². The molecular weight excluding hydrogens is 550 g/mol. The number of pyridine rings is 1. The predicted molar refractivity (Wildman–Crippen MR) is 160 cm³/mol. The lowest BCUT2D eigenvalue weighted by Gasteiger charge is -2.36. The molecule has 2 fully saturated rings. The molecular formula is C32H41N5O6. The second kappa shape index (κ2) is 12.8. The Labute approximate surface area is 251 Å². The quantitative estimate of drug-likeness (QED) is 0.431. The number of nitrogens with zero attached hydrogens (tertiary/aromatic N) is 2. The summed E-state index contributed by atoms with van der Waals surface area (Å²) < 4.78 is 11.4. The van der Waals surface area contributed by atoms with Gasteiger partial charge >= 0.3 is 5.97 Å². The second-order valence-electron chi connectivity index (χ2n) is 12.1. The number of hydrogen-bond donors (Lipinski definition) is 3. The summed E-state index contributed by atoms with van der Waals surface area (Å²) in [6, 6.07) is 5.32. The minimum Gasteiger partial charge on any atom is -0.457 e. The van der Waals surface area contributed by atoms with Crippen molar-refractivity contribution in [3.05, 3.63) is 47.8 Å². The smallest absolute Gasteiger partial charge is 0.325 e. The zero-order valence-corrected chi connectivity index (χ0v) is 25.2. The van der Waals surface area contributed by atoms with Crippen LogP contribution in [0, 0.1) is 11.3 Å². The Hall–Kier alpha value is -3.83. The number of carbonyl (C=O) groups is 4. The van der Waals surface area contributed by atoms with E-state index in [0.29, 0.717) is 51.1 Å². The molecule has 5 rings (SSSR count). The van der Waals surface area contributed by atoms with Crippen molar-refractivity contribution in [1.29, 1.82) is 0 Å². The fourth-order valence-corrected chi connectivity index (χ4v) is 5.83. The molecule has 3 N–H and O–H groups in total. The molecule has 2 saturated heterocycles. The Morgan fingerprint density at radius 3 is 2.53 bits per heavy atom. The van der Waals surface area contributed by atoms with Crippen LogP contribution in [-0.4, -0.2) is 71.6 Å². The van der Waals surface area contributed by atoms with Gasteiger partial charge in [-0.15, -0.1) is 0 Å². The summed E-state index contributed by atoms with van der Waals surface area (Å²) in [6.07, 6.45) is 7.00. The largest absolute Gasteiger partial charge is 0.457 e. The zero-order valence-electron chi connectivity index (χ0n) is 25.2. The molecule has 4 heterocycles. The number of ether oxygens (including phenoxy) is 2. The van der Waals surface area contributed by atoms with Gasteiger partial charge < -0.3 is 20.1 Å². The summed E-state index contributed by atoms with van der Waals surface area (Å²) in [4.78, 5) is 58.4. The monoisotopic (exact) mass is 591 g/mol. The van der Waals surface area contributed by atoms with Crippen LogP contribution in [0.4, 0.5) is 0 Å². The van der Waals surface area contributed by atoms with E-state index in [9.17, 15) is 19.2 Å². The number of amides is 3. The first-order valence-corrected chi connectivity index (χ1v) is 15.1. The van der Waals surface area contributed by atoms with Gasteiger partial charge in [0.05, 0.1) is 11.1 Å². The van der Waals surface area contributed by atoms with Crippen molar-refractivity contribution < 1.29 is 28.7 Å². The molecule has 0 radical (unpaired) electrons. The van der Waals surface area contributed by atoms with Crippen molar-refractivity contribution in [3.8, 4) is 0 Å². The summed E-state index contributed by atoms with van der Waals surface area (Å²) in [5, 5.41) is 8.99. The van der Waals surface area contributed by atoms with Crippen molar-refractivity contribution in [2.45, 2.75) is 77.6 Å². The fraction of sp³-hybridized carbons (Fsp3) is 0.531. The number of carbonyl (C=O) groups excluding carboxylic acids is 4. The first-order valence-electron chi connectivity index (χ1n) is 15.1. The normalized spacial score (nSPS) is 28.0. The molecule has 11 nitrogen and oxygen atoms in total. The van der Waals surface area contributed by atoms with Crippen molar-refractivity contribution >= 4 is 40.5 Å². The lowest BCUT2D eigenvalue weighted by Crippen LogP contribution is -2.61. The molecule has 3 unspecified atom stereocenters. The van der Waals surface area contributed by atoms with Gasteiger partial charge in [-0.05, 0) is 74.6 Å². The van der Waals surface area contributed by atoms with Crippen LogP contribution in [0.5, 0.6) is 0 Å². The Bertz CT molecular complexity index is 1420. The molecule has 1 aromatic carbocycles. The SMILES string of the molecule is CC1NC(=O)C(C(C)C)NC(=O)C2(/C=C/c3cc4cc(ccc4cn3)[C@@H](C)OC(=O)C3CCCN(N3)C1=O)CCOCC2. The van der Waals surface area contributed by atoms with Gasteiger partial charge in [0.15, 0.2) is 0 Å². The molecule has 3 aliphatic rings. The van der Waals surface area contributed by atoms with Gasteiger partial charge in [-0.2, -0.15) is 0 Å². The Balaban J connectivity index is 1.53. The molecule has 1 spiro atoms. The molecule has 43 heavy (non-hydrogen) atoms. The highest BCUT2D eigenvalue weighted by Gasteiger charge is 2.41. The van der Waals surface area contributed by atoms with Crippen LogP contribution in [0.25, 0.3) is 16.8 Å². The molecule has 230 valence electrons. The van der Waals surface area contributed by atoms with E-state index in [4.69, 9.17) is 9.47 Å². The highest BCUT2D eigenvalue weighted by molar-refractivity contribution is 5.94. The number of esters is 1. The van der Waals surface area contributed by atoms with Gasteiger partial charge in [0.25, 0.3) is 5.91 Å². The minimum absolute atomic E-state index is 0.237. The maximum absolute atomic E-state index is 13.9. The third kappa shape index (κ3) is 6.73. The first-order chi connectivity index (χ1) is 20.6. The standard InChI is InChI=1S/C32H41N5O6/c1-19(2)27-28(38)34-20(3)29(39)37-13-5-6-26(36-37)30(40)43-21(4)22-7-8-23-18-33-25(17-24(23)16-22)9-10-32(31(41)35-27)11-14-42-15-12-32/h7-10,16-21,26-27,36H,5-6,11-15H2,1-4H3,(H,34,38)(H,35,41)/b10-9+/t20?,21-,26?,27?/m1/s1. The van der Waals surface area contributed by atoms with Crippen LogP contribution in [0.15, 0.2) is 36.5 Å². The molecule has 4 atom stereocenters. The number of aromatic nitrogens is 1. The van der Waals surface area contributed by atoms with Crippen LogP contribution in [0.2, 0.25) is 0 Å². The zero-order chi connectivity index (χ0) is 30.7. The van der Waals surface area contributed by atoms with E-state index in [1.54, 1.807) is 13.1 Å². The van der Waals surface area contributed by atoms with E-state index in [2.05, 4.69) is 21.0 Å². The third-order valence-electron chi connectivity index (χ3n) is 8.64. The van der Waals surface area contributed by atoms with Gasteiger partial charge in [0.1, 0.15) is 24.2 Å². The van der Waals surface area contributed by atoms with Crippen LogP contribution in [0.3, 0.4) is 0 Å². The predicted octanol–water partition coefficient (Wildman–Crippen LogP) is 2.80. The summed E-state index contributed by atoms with van der Waals surface area (Å²) in [6.45, 7) is 8.33. The maximum atomic E-state index is 13.9. The molecule has 0 saturated carbocycles. The highest BCUT2D eigenvalue weighted by atomic mass is 16.5. The van der Waals surface area contributed by atoms with Crippen LogP contribution < -0.4 is 16.1 Å². The van der Waals surface area contributed by atoms with Gasteiger partial charge in [0.2, 0.25) is 11.8 Å². The van der Waals surface area contributed by atoms with E-state index >= 15 is 0 Å². The minimum atomic E-state index is -0.889.